The topological polar surface area (TPSA) is 31.6 Å². The Morgan fingerprint density at radius 1 is 0.640 bits per heavy atom. The van der Waals surface area contributed by atoms with Gasteiger partial charge in [-0.1, -0.05) is 66.7 Å². The van der Waals surface area contributed by atoms with Crippen molar-refractivity contribution in [3.8, 4) is 11.3 Å². The predicted octanol–water partition coefficient (Wildman–Crippen LogP) is 5.91. The molecular formula is C23H18N2. The normalized spacial score (nSPS) is 11.4. The molecule has 120 valence electrons. The van der Waals surface area contributed by atoms with E-state index in [9.17, 15) is 0 Å². The highest BCUT2D eigenvalue weighted by molar-refractivity contribution is 5.99. The molecule has 0 spiro atoms. The molecular weight excluding hydrogens is 304 g/mol. The predicted molar refractivity (Wildman–Crippen MR) is 105 cm³/mol. The first kappa shape index (κ1) is 14.1. The molecule has 2 heterocycles. The van der Waals surface area contributed by atoms with Crippen molar-refractivity contribution in [2.75, 3.05) is 0 Å². The fourth-order valence-corrected chi connectivity index (χ4v) is 3.65. The molecule has 0 aliphatic rings. The molecule has 25 heavy (non-hydrogen) atoms. The molecule has 0 amide bonds. The number of benzene rings is 3. The molecule has 0 aliphatic heterocycles. The van der Waals surface area contributed by atoms with Crippen LogP contribution in [0.4, 0.5) is 0 Å². The second-order valence-electron chi connectivity index (χ2n) is 6.46. The molecule has 3 aromatic carbocycles. The van der Waals surface area contributed by atoms with Crippen LogP contribution in [0.25, 0.3) is 33.1 Å². The number of aromatic nitrogens is 2. The third-order valence-corrected chi connectivity index (χ3v) is 4.81. The summed E-state index contributed by atoms with van der Waals surface area (Å²) < 4.78 is 0. The van der Waals surface area contributed by atoms with Gasteiger partial charge in [0.15, 0.2) is 0 Å². The van der Waals surface area contributed by atoms with Gasteiger partial charge in [-0.25, -0.2) is 0 Å². The Morgan fingerprint density at radius 3 is 2.20 bits per heavy atom. The molecule has 2 heteroatoms. The summed E-state index contributed by atoms with van der Waals surface area (Å²) in [5.41, 5.74) is 7.36. The van der Waals surface area contributed by atoms with Gasteiger partial charge in [0.05, 0.1) is 0 Å². The van der Waals surface area contributed by atoms with Gasteiger partial charge >= 0.3 is 0 Å². The molecule has 0 aliphatic carbocycles. The second-order valence-corrected chi connectivity index (χ2v) is 6.46. The minimum absolute atomic E-state index is 0.889. The van der Waals surface area contributed by atoms with Gasteiger partial charge in [-0.3, -0.25) is 0 Å². The highest BCUT2D eigenvalue weighted by atomic mass is 14.8. The van der Waals surface area contributed by atoms with Crippen molar-refractivity contribution in [2.45, 2.75) is 6.42 Å². The van der Waals surface area contributed by atoms with Crippen LogP contribution < -0.4 is 0 Å². The van der Waals surface area contributed by atoms with Gasteiger partial charge in [-0.2, -0.15) is 0 Å². The molecule has 5 rings (SSSR count). The van der Waals surface area contributed by atoms with Crippen LogP contribution in [0.1, 0.15) is 11.3 Å². The van der Waals surface area contributed by atoms with Gasteiger partial charge in [-0.05, 0) is 23.8 Å². The summed E-state index contributed by atoms with van der Waals surface area (Å²) in [6.07, 6.45) is 0.889. The monoisotopic (exact) mass is 322 g/mol. The maximum absolute atomic E-state index is 3.64. The SMILES string of the molecule is c1ccc(Cc2[nH]c3ccccc3c2-c2cc3ccccc3[nH]2)cc1. The van der Waals surface area contributed by atoms with Crippen LogP contribution in [0.5, 0.6) is 0 Å². The average molecular weight is 322 g/mol. The summed E-state index contributed by atoms with van der Waals surface area (Å²) in [5.74, 6) is 0. The molecule has 0 fully saturated rings. The average Bonchev–Trinajstić information content (AvgIpc) is 3.22. The van der Waals surface area contributed by atoms with Crippen molar-refractivity contribution in [3.63, 3.8) is 0 Å². The van der Waals surface area contributed by atoms with Gasteiger partial charge in [0, 0.05) is 45.2 Å². The number of para-hydroxylation sites is 2. The number of nitrogens with one attached hydrogen (secondary N) is 2. The number of hydrogen-bond acceptors (Lipinski definition) is 0. The second kappa shape index (κ2) is 5.67. The quantitative estimate of drug-likeness (QED) is 0.414. The number of fused-ring (bicyclic) bond motifs is 2. The maximum Gasteiger partial charge on any atom is 0.0489 e. The fraction of sp³-hybridized carbons (Fsp3) is 0.0435. The first-order valence-electron chi connectivity index (χ1n) is 8.60. The molecule has 0 unspecified atom stereocenters. The molecule has 0 bridgehead atoms. The van der Waals surface area contributed by atoms with E-state index in [1.807, 2.05) is 0 Å². The number of aromatic amines is 2. The first-order valence-corrected chi connectivity index (χ1v) is 8.60. The summed E-state index contributed by atoms with van der Waals surface area (Å²) in [5, 5.41) is 2.51. The summed E-state index contributed by atoms with van der Waals surface area (Å²) in [4.78, 5) is 7.23. The summed E-state index contributed by atoms with van der Waals surface area (Å²) >= 11 is 0. The maximum atomic E-state index is 3.64. The van der Waals surface area contributed by atoms with Crippen molar-refractivity contribution in [1.29, 1.82) is 0 Å². The molecule has 0 atom stereocenters. The molecule has 5 aromatic rings. The molecule has 2 N–H and O–H groups in total. The van der Waals surface area contributed by atoms with Crippen LogP contribution in [0, 0.1) is 0 Å². The smallest absolute Gasteiger partial charge is 0.0489 e. The van der Waals surface area contributed by atoms with Crippen LogP contribution in [0.3, 0.4) is 0 Å². The van der Waals surface area contributed by atoms with Crippen LogP contribution in [0.2, 0.25) is 0 Å². The van der Waals surface area contributed by atoms with Crippen molar-refractivity contribution >= 4 is 21.8 Å². The van der Waals surface area contributed by atoms with E-state index in [1.54, 1.807) is 0 Å². The van der Waals surface area contributed by atoms with E-state index in [-0.39, 0.29) is 0 Å². The Hall–Kier alpha value is -3.26. The number of H-pyrrole nitrogens is 2. The van der Waals surface area contributed by atoms with Gasteiger partial charge in [0.2, 0.25) is 0 Å². The van der Waals surface area contributed by atoms with Crippen molar-refractivity contribution in [3.05, 3.63) is 96.2 Å². The Kier molecular flexibility index (Phi) is 3.20. The van der Waals surface area contributed by atoms with E-state index in [1.165, 1.54) is 44.3 Å². The molecule has 0 saturated carbocycles. The zero-order valence-corrected chi connectivity index (χ0v) is 13.8. The first-order chi connectivity index (χ1) is 12.4. The summed E-state index contributed by atoms with van der Waals surface area (Å²) in [6.45, 7) is 0. The van der Waals surface area contributed by atoms with Crippen LogP contribution in [-0.4, -0.2) is 9.97 Å². The zero-order valence-electron chi connectivity index (χ0n) is 13.8. The molecule has 2 aromatic heterocycles. The summed E-state index contributed by atoms with van der Waals surface area (Å²) in [7, 11) is 0. The Labute approximate surface area is 146 Å². The van der Waals surface area contributed by atoms with E-state index in [0.717, 1.165) is 6.42 Å². The third kappa shape index (κ3) is 2.43. The lowest BCUT2D eigenvalue weighted by molar-refractivity contribution is 1.12. The lowest BCUT2D eigenvalue weighted by atomic mass is 10.0. The van der Waals surface area contributed by atoms with Crippen molar-refractivity contribution < 1.29 is 0 Å². The van der Waals surface area contributed by atoms with Crippen molar-refractivity contribution in [1.82, 2.24) is 9.97 Å². The standard InChI is InChI=1S/C23H18N2/c1-2-8-16(9-3-1)14-21-23(18-11-5-7-13-20(18)25-21)22-15-17-10-4-6-12-19(17)24-22/h1-13,15,24-25H,14H2. The van der Waals surface area contributed by atoms with Gasteiger partial charge < -0.3 is 9.97 Å². The van der Waals surface area contributed by atoms with E-state index in [2.05, 4.69) is 94.9 Å². The zero-order chi connectivity index (χ0) is 16.6. The lowest BCUT2D eigenvalue weighted by Crippen LogP contribution is -1.91. The Morgan fingerprint density at radius 2 is 1.36 bits per heavy atom. The van der Waals surface area contributed by atoms with Gasteiger partial charge in [0.1, 0.15) is 0 Å². The molecule has 0 radical (unpaired) electrons. The van der Waals surface area contributed by atoms with E-state index in [0.29, 0.717) is 0 Å². The Bertz CT molecular complexity index is 1130. The van der Waals surface area contributed by atoms with Crippen LogP contribution in [0.15, 0.2) is 84.9 Å². The van der Waals surface area contributed by atoms with Gasteiger partial charge in [-0.15, -0.1) is 0 Å². The minimum atomic E-state index is 0.889. The third-order valence-electron chi connectivity index (χ3n) is 4.81. The highest BCUT2D eigenvalue weighted by Crippen LogP contribution is 2.34. The molecule has 2 nitrogen and oxygen atoms in total. The number of hydrogen-bond donors (Lipinski definition) is 2. The van der Waals surface area contributed by atoms with Gasteiger partial charge in [0.25, 0.3) is 0 Å². The summed E-state index contributed by atoms with van der Waals surface area (Å²) in [6, 6.07) is 29.8. The largest absolute Gasteiger partial charge is 0.358 e. The van der Waals surface area contributed by atoms with Crippen LogP contribution >= 0.6 is 0 Å². The lowest BCUT2D eigenvalue weighted by Gasteiger charge is -2.04. The van der Waals surface area contributed by atoms with Crippen molar-refractivity contribution in [2.24, 2.45) is 0 Å². The van der Waals surface area contributed by atoms with E-state index in [4.69, 9.17) is 0 Å². The molecule has 0 saturated heterocycles. The van der Waals surface area contributed by atoms with E-state index < -0.39 is 0 Å². The minimum Gasteiger partial charge on any atom is -0.358 e. The van der Waals surface area contributed by atoms with Crippen LogP contribution in [-0.2, 0) is 6.42 Å². The van der Waals surface area contributed by atoms with E-state index >= 15 is 0 Å². The highest BCUT2D eigenvalue weighted by Gasteiger charge is 2.15. The fourth-order valence-electron chi connectivity index (χ4n) is 3.65. The number of rotatable bonds is 3. The Balaban J connectivity index is 1.73.